The van der Waals surface area contributed by atoms with E-state index in [1.165, 1.54) is 0 Å². The summed E-state index contributed by atoms with van der Waals surface area (Å²) in [5.41, 5.74) is -0.629. The van der Waals surface area contributed by atoms with Gasteiger partial charge in [0.25, 0.3) is 0 Å². The molecule has 5 heteroatoms. The first kappa shape index (κ1) is 11.2. The topological polar surface area (TPSA) is 34.1 Å². The second-order valence-corrected chi connectivity index (χ2v) is 4.43. The summed E-state index contributed by atoms with van der Waals surface area (Å²) in [5.74, 6) is -4.38. The number of alkyl halides is 3. The molecule has 0 radical (unpaired) electrons. The van der Waals surface area contributed by atoms with Crippen molar-refractivity contribution in [2.24, 2.45) is 11.3 Å². The molecule has 0 aromatic carbocycles. The van der Waals surface area contributed by atoms with Gasteiger partial charge >= 0.3 is 6.18 Å². The van der Waals surface area contributed by atoms with Crippen molar-refractivity contribution >= 4 is 11.6 Å². The maximum Gasteiger partial charge on any atom is 0.405 e. The van der Waals surface area contributed by atoms with Crippen molar-refractivity contribution in [3.8, 4) is 0 Å². The minimum Gasteiger partial charge on any atom is -0.299 e. The van der Waals surface area contributed by atoms with Gasteiger partial charge in [-0.3, -0.25) is 9.59 Å². The van der Waals surface area contributed by atoms with Gasteiger partial charge in [0.1, 0.15) is 0 Å². The van der Waals surface area contributed by atoms with Gasteiger partial charge in [-0.25, -0.2) is 0 Å². The van der Waals surface area contributed by atoms with E-state index in [2.05, 4.69) is 0 Å². The maximum absolute atomic E-state index is 12.3. The van der Waals surface area contributed by atoms with Crippen LogP contribution in [-0.4, -0.2) is 17.7 Å². The Hall–Kier alpha value is -0.870. The lowest BCUT2D eigenvalue weighted by molar-refractivity contribution is -0.190. The number of ketones is 2. The van der Waals surface area contributed by atoms with E-state index < -0.39 is 29.1 Å². The Morgan fingerprint density at radius 3 is 1.79 bits per heavy atom. The van der Waals surface area contributed by atoms with Crippen molar-refractivity contribution in [3.05, 3.63) is 0 Å². The summed E-state index contributed by atoms with van der Waals surface area (Å²) >= 11 is 0. The molecule has 0 saturated heterocycles. The average Bonchev–Trinajstić information content (AvgIpc) is 1.75. The first-order chi connectivity index (χ1) is 6.13. The van der Waals surface area contributed by atoms with E-state index in [0.717, 1.165) is 0 Å². The zero-order chi connectivity index (χ0) is 11.1. The summed E-state index contributed by atoms with van der Waals surface area (Å²) in [7, 11) is 0. The van der Waals surface area contributed by atoms with Gasteiger partial charge in [-0.15, -0.1) is 0 Å². The van der Waals surface area contributed by atoms with Crippen LogP contribution < -0.4 is 0 Å². The molecule has 0 unspecified atom stereocenters. The van der Waals surface area contributed by atoms with E-state index in [1.807, 2.05) is 0 Å². The van der Waals surface area contributed by atoms with Crippen LogP contribution in [0.25, 0.3) is 0 Å². The molecule has 14 heavy (non-hydrogen) atoms. The Balaban J connectivity index is 2.93. The van der Waals surface area contributed by atoms with E-state index >= 15 is 0 Å². The van der Waals surface area contributed by atoms with Crippen molar-refractivity contribution in [2.75, 3.05) is 0 Å². The van der Waals surface area contributed by atoms with Gasteiger partial charge in [-0.05, 0) is 5.41 Å². The molecule has 0 amide bonds. The van der Waals surface area contributed by atoms with Crippen LogP contribution in [0.2, 0.25) is 0 Å². The number of carbonyl (C=O) groups excluding carboxylic acids is 2. The third-order valence-corrected chi connectivity index (χ3v) is 2.28. The van der Waals surface area contributed by atoms with Gasteiger partial charge in [0.15, 0.2) is 17.5 Å². The van der Waals surface area contributed by atoms with Crippen LogP contribution in [-0.2, 0) is 9.59 Å². The van der Waals surface area contributed by atoms with Gasteiger partial charge < -0.3 is 0 Å². The van der Waals surface area contributed by atoms with Crippen molar-refractivity contribution in [1.82, 2.24) is 0 Å². The lowest BCUT2D eigenvalue weighted by Crippen LogP contribution is -2.45. The number of hydrogen-bond acceptors (Lipinski definition) is 2. The SMILES string of the molecule is CC1(C)CC(=O)C(C(F)(F)F)C(=O)C1. The highest BCUT2D eigenvalue weighted by Gasteiger charge is 2.53. The van der Waals surface area contributed by atoms with Gasteiger partial charge in [0.05, 0.1) is 0 Å². The van der Waals surface area contributed by atoms with E-state index in [0.29, 0.717) is 0 Å². The Morgan fingerprint density at radius 1 is 1.14 bits per heavy atom. The molecule has 0 aliphatic heterocycles. The summed E-state index contributed by atoms with van der Waals surface area (Å²) in [6.07, 6.45) is -5.07. The average molecular weight is 208 g/mol. The first-order valence-electron chi connectivity index (χ1n) is 4.26. The minimum absolute atomic E-state index is 0.178. The predicted octanol–water partition coefficient (Wildman–Crippen LogP) is 2.12. The van der Waals surface area contributed by atoms with Crippen molar-refractivity contribution < 1.29 is 22.8 Å². The van der Waals surface area contributed by atoms with Crippen LogP contribution in [0.15, 0.2) is 0 Å². The van der Waals surface area contributed by atoms with Gasteiger partial charge in [0.2, 0.25) is 0 Å². The monoisotopic (exact) mass is 208 g/mol. The molecule has 0 atom stereocenters. The van der Waals surface area contributed by atoms with E-state index in [9.17, 15) is 22.8 Å². The van der Waals surface area contributed by atoms with Gasteiger partial charge in [0, 0.05) is 12.8 Å². The molecule has 1 fully saturated rings. The Bertz CT molecular complexity index is 258. The third kappa shape index (κ3) is 2.13. The molecule has 1 saturated carbocycles. The normalized spacial score (nSPS) is 24.1. The maximum atomic E-state index is 12.3. The van der Waals surface area contributed by atoms with Crippen LogP contribution in [0.1, 0.15) is 26.7 Å². The van der Waals surface area contributed by atoms with Crippen LogP contribution in [0, 0.1) is 11.3 Å². The number of halogens is 3. The largest absolute Gasteiger partial charge is 0.405 e. The minimum atomic E-state index is -4.72. The number of hydrogen-bond donors (Lipinski definition) is 0. The van der Waals surface area contributed by atoms with Crippen molar-refractivity contribution in [2.45, 2.75) is 32.9 Å². The third-order valence-electron chi connectivity index (χ3n) is 2.28. The summed E-state index contributed by atoms with van der Waals surface area (Å²) in [6.45, 7) is 3.24. The summed E-state index contributed by atoms with van der Waals surface area (Å²) in [5, 5.41) is 0. The standard InChI is InChI=1S/C9H11F3O2/c1-8(2)3-5(13)7(6(14)4-8)9(10,11)12/h7H,3-4H2,1-2H3. The lowest BCUT2D eigenvalue weighted by atomic mass is 9.71. The van der Waals surface area contributed by atoms with E-state index in [-0.39, 0.29) is 12.8 Å². The fourth-order valence-electron chi connectivity index (χ4n) is 1.75. The van der Waals surface area contributed by atoms with Gasteiger partial charge in [-0.2, -0.15) is 13.2 Å². The smallest absolute Gasteiger partial charge is 0.299 e. The molecular weight excluding hydrogens is 197 g/mol. The highest BCUT2D eigenvalue weighted by molar-refractivity contribution is 6.05. The summed E-state index contributed by atoms with van der Waals surface area (Å²) in [6, 6.07) is 0. The predicted molar refractivity (Wildman–Crippen MR) is 42.6 cm³/mol. The zero-order valence-corrected chi connectivity index (χ0v) is 7.94. The molecule has 0 heterocycles. The Labute approximate surface area is 79.5 Å². The second-order valence-electron chi connectivity index (χ2n) is 4.43. The van der Waals surface area contributed by atoms with Crippen molar-refractivity contribution in [1.29, 1.82) is 0 Å². The Morgan fingerprint density at radius 2 is 1.50 bits per heavy atom. The fraction of sp³-hybridized carbons (Fsp3) is 0.778. The molecule has 0 spiro atoms. The number of carbonyl (C=O) groups is 2. The Kier molecular flexibility index (Phi) is 2.46. The van der Waals surface area contributed by atoms with Crippen LogP contribution in [0.5, 0.6) is 0 Å². The first-order valence-corrected chi connectivity index (χ1v) is 4.26. The van der Waals surface area contributed by atoms with E-state index in [1.54, 1.807) is 13.8 Å². The highest BCUT2D eigenvalue weighted by Crippen LogP contribution is 2.40. The fourth-order valence-corrected chi connectivity index (χ4v) is 1.75. The molecule has 1 aliphatic rings. The van der Waals surface area contributed by atoms with Crippen LogP contribution in [0.3, 0.4) is 0 Å². The van der Waals surface area contributed by atoms with Gasteiger partial charge in [-0.1, -0.05) is 13.8 Å². The molecule has 0 aromatic heterocycles. The quantitative estimate of drug-likeness (QED) is 0.571. The van der Waals surface area contributed by atoms with Crippen LogP contribution >= 0.6 is 0 Å². The molecule has 0 aromatic rings. The number of rotatable bonds is 0. The molecule has 80 valence electrons. The zero-order valence-electron chi connectivity index (χ0n) is 7.94. The number of Topliss-reactive ketones (excluding diaryl/α,β-unsaturated/α-hetero) is 2. The lowest BCUT2D eigenvalue weighted by Gasteiger charge is -2.32. The van der Waals surface area contributed by atoms with Crippen LogP contribution in [0.4, 0.5) is 13.2 Å². The molecule has 0 bridgehead atoms. The molecular formula is C9H11F3O2. The van der Waals surface area contributed by atoms with E-state index in [4.69, 9.17) is 0 Å². The summed E-state index contributed by atoms with van der Waals surface area (Å²) < 4.78 is 36.8. The summed E-state index contributed by atoms with van der Waals surface area (Å²) in [4.78, 5) is 22.3. The second kappa shape index (κ2) is 3.07. The highest BCUT2D eigenvalue weighted by atomic mass is 19.4. The molecule has 2 nitrogen and oxygen atoms in total. The molecule has 0 N–H and O–H groups in total. The molecule has 1 aliphatic carbocycles. The molecule has 1 rings (SSSR count). The van der Waals surface area contributed by atoms with Crippen molar-refractivity contribution in [3.63, 3.8) is 0 Å².